The number of carbonyl (C=O) groups excluding carboxylic acids is 3. The number of hydrogen-bond donors (Lipinski definition) is 3. The number of carbonyl (C=O) groups is 3. The van der Waals surface area contributed by atoms with Crippen LogP contribution in [0.2, 0.25) is 0 Å². The van der Waals surface area contributed by atoms with Gasteiger partial charge < -0.3 is 20.6 Å². The van der Waals surface area contributed by atoms with Crippen LogP contribution in [0.1, 0.15) is 98.3 Å². The number of rotatable bonds is 7. The predicted octanol–water partition coefficient (Wildman–Crippen LogP) is 3.39. The van der Waals surface area contributed by atoms with Crippen LogP contribution in [0.3, 0.4) is 0 Å². The molecule has 1 rings (SSSR count). The number of hydrogen-bond acceptors (Lipinski definition) is 4. The van der Waals surface area contributed by atoms with E-state index in [1.54, 1.807) is 14.0 Å². The maximum absolute atomic E-state index is 12.9. The van der Waals surface area contributed by atoms with E-state index in [9.17, 15) is 19.5 Å². The lowest BCUT2D eigenvalue weighted by Crippen LogP contribution is -2.52. The minimum absolute atomic E-state index is 0.0228. The summed E-state index contributed by atoms with van der Waals surface area (Å²) in [6.45, 7) is 8.42. The average molecular weight is 454 g/mol. The second-order valence-corrected chi connectivity index (χ2v) is 9.79. The third kappa shape index (κ3) is 10.3. The van der Waals surface area contributed by atoms with Gasteiger partial charge in [-0.3, -0.25) is 14.4 Å². The van der Waals surface area contributed by atoms with Gasteiger partial charge in [0.15, 0.2) is 0 Å². The zero-order chi connectivity index (χ0) is 24.1. The zero-order valence-electron chi connectivity index (χ0n) is 21.0. The normalized spacial score (nSPS) is 26.4. The third-order valence-electron chi connectivity index (χ3n) is 6.76. The molecule has 3 N–H and O–H groups in total. The maximum atomic E-state index is 12.9. The molecular weight excluding hydrogens is 406 g/mol. The summed E-state index contributed by atoms with van der Waals surface area (Å²) in [5, 5.41) is 16.9. The van der Waals surface area contributed by atoms with Gasteiger partial charge in [-0.05, 0) is 38.5 Å². The summed E-state index contributed by atoms with van der Waals surface area (Å²) < 4.78 is 0. The number of unbranched alkanes of at least 4 members (excludes halogenated alkanes) is 1. The van der Waals surface area contributed by atoms with Crippen molar-refractivity contribution in [2.45, 2.75) is 117 Å². The first-order chi connectivity index (χ1) is 15.2. The van der Waals surface area contributed by atoms with Crippen LogP contribution in [0.15, 0.2) is 0 Å². The highest BCUT2D eigenvalue weighted by molar-refractivity contribution is 5.87. The summed E-state index contributed by atoms with van der Waals surface area (Å²) in [6.07, 6.45) is 8.82. The molecule has 7 nitrogen and oxygen atoms in total. The molecule has 1 aliphatic heterocycles. The summed E-state index contributed by atoms with van der Waals surface area (Å²) in [4.78, 5) is 39.2. The Kier molecular flexibility index (Phi) is 13.5. The molecule has 3 amide bonds. The van der Waals surface area contributed by atoms with E-state index in [0.717, 1.165) is 51.4 Å². The highest BCUT2D eigenvalue weighted by atomic mass is 16.3. The summed E-state index contributed by atoms with van der Waals surface area (Å²) in [6, 6.07) is -1.05. The van der Waals surface area contributed by atoms with Gasteiger partial charge in [0.1, 0.15) is 6.04 Å². The summed E-state index contributed by atoms with van der Waals surface area (Å²) >= 11 is 0. The lowest BCUT2D eigenvalue weighted by molar-refractivity contribution is -0.139. The first kappa shape index (κ1) is 28.4. The van der Waals surface area contributed by atoms with Gasteiger partial charge in [-0.15, -0.1) is 0 Å². The summed E-state index contributed by atoms with van der Waals surface area (Å²) in [5.41, 5.74) is 0. The number of likely N-dealkylation sites (N-methyl/N-ethyl adjacent to an activating group) is 1. The predicted molar refractivity (Wildman–Crippen MR) is 128 cm³/mol. The van der Waals surface area contributed by atoms with E-state index in [1.807, 2.05) is 6.92 Å². The Bertz CT molecular complexity index is 584. The number of amides is 3. The monoisotopic (exact) mass is 453 g/mol. The van der Waals surface area contributed by atoms with Crippen molar-refractivity contribution in [3.8, 4) is 0 Å². The minimum atomic E-state index is -0.822. The van der Waals surface area contributed by atoms with Crippen molar-refractivity contribution in [2.24, 2.45) is 11.8 Å². The second-order valence-electron chi connectivity index (χ2n) is 9.79. The molecule has 1 fully saturated rings. The van der Waals surface area contributed by atoms with Gasteiger partial charge in [0.25, 0.3) is 0 Å². The van der Waals surface area contributed by atoms with Crippen molar-refractivity contribution < 1.29 is 19.5 Å². The topological polar surface area (TPSA) is 98.7 Å². The third-order valence-corrected chi connectivity index (χ3v) is 6.76. The van der Waals surface area contributed by atoms with Gasteiger partial charge in [0.05, 0.1) is 12.1 Å². The molecule has 1 aliphatic rings. The largest absolute Gasteiger partial charge is 0.391 e. The molecule has 0 bridgehead atoms. The highest BCUT2D eigenvalue weighted by Gasteiger charge is 2.30. The van der Waals surface area contributed by atoms with Crippen molar-refractivity contribution in [1.82, 2.24) is 15.5 Å². The molecule has 2 unspecified atom stereocenters. The summed E-state index contributed by atoms with van der Waals surface area (Å²) in [7, 11) is 1.67. The average Bonchev–Trinajstić information content (AvgIpc) is 2.76. The number of aliphatic hydroxyl groups is 1. The van der Waals surface area contributed by atoms with Crippen LogP contribution in [0, 0.1) is 11.8 Å². The van der Waals surface area contributed by atoms with Gasteiger partial charge >= 0.3 is 0 Å². The van der Waals surface area contributed by atoms with Gasteiger partial charge in [-0.1, -0.05) is 59.3 Å². The molecule has 0 radical (unpaired) electrons. The van der Waals surface area contributed by atoms with Gasteiger partial charge in [0.2, 0.25) is 17.7 Å². The van der Waals surface area contributed by atoms with Gasteiger partial charge in [-0.25, -0.2) is 0 Å². The van der Waals surface area contributed by atoms with Crippen molar-refractivity contribution in [3.63, 3.8) is 0 Å². The molecule has 0 aromatic rings. The van der Waals surface area contributed by atoms with Gasteiger partial charge in [0, 0.05) is 25.9 Å². The van der Waals surface area contributed by atoms with Crippen LogP contribution in [0.25, 0.3) is 0 Å². The second kappa shape index (κ2) is 15.3. The minimum Gasteiger partial charge on any atom is -0.391 e. The van der Waals surface area contributed by atoms with Crippen LogP contribution in [0.4, 0.5) is 0 Å². The van der Waals surface area contributed by atoms with Crippen LogP contribution in [0.5, 0.6) is 0 Å². The zero-order valence-corrected chi connectivity index (χ0v) is 21.0. The Labute approximate surface area is 195 Å². The van der Waals surface area contributed by atoms with E-state index >= 15 is 0 Å². The van der Waals surface area contributed by atoms with Crippen molar-refractivity contribution in [1.29, 1.82) is 0 Å². The molecule has 0 aliphatic carbocycles. The number of nitrogens with zero attached hydrogens (tertiary/aromatic N) is 1. The maximum Gasteiger partial charge on any atom is 0.242 e. The van der Waals surface area contributed by atoms with E-state index < -0.39 is 18.2 Å². The lowest BCUT2D eigenvalue weighted by Gasteiger charge is -2.31. The molecule has 32 heavy (non-hydrogen) atoms. The molecule has 186 valence electrons. The van der Waals surface area contributed by atoms with E-state index in [1.165, 1.54) is 4.90 Å². The van der Waals surface area contributed by atoms with Crippen molar-refractivity contribution >= 4 is 17.7 Å². The fourth-order valence-corrected chi connectivity index (χ4v) is 4.23. The Hall–Kier alpha value is -1.63. The quantitative estimate of drug-likeness (QED) is 0.515. The molecule has 0 spiro atoms. The van der Waals surface area contributed by atoms with Crippen molar-refractivity contribution in [2.75, 3.05) is 13.6 Å². The van der Waals surface area contributed by atoms with E-state index in [2.05, 4.69) is 24.5 Å². The number of aliphatic hydroxyl groups excluding tert-OH is 1. The highest BCUT2D eigenvalue weighted by Crippen LogP contribution is 2.21. The van der Waals surface area contributed by atoms with E-state index in [0.29, 0.717) is 31.7 Å². The van der Waals surface area contributed by atoms with Crippen LogP contribution < -0.4 is 10.6 Å². The molecule has 5 atom stereocenters. The summed E-state index contributed by atoms with van der Waals surface area (Å²) in [5.74, 6) is -0.333. The first-order valence-corrected chi connectivity index (χ1v) is 12.7. The fraction of sp³-hybridized carbons (Fsp3) is 0.880. The standard InChI is InChI=1S/C25H47N3O4/c1-6-7-15-26-24(31)19(3)17-22(29)21-16-18(2)13-11-9-8-10-12-14-23(30)28(5)20(4)25(32)27-21/h18-22,29H,6-17H2,1-5H3,(H,26,31)(H,27,32)/t18-,19?,20+,21+,22?/m1/s1. The fourth-order valence-electron chi connectivity index (χ4n) is 4.23. The molecule has 7 heteroatoms. The first-order valence-electron chi connectivity index (χ1n) is 12.7. The van der Waals surface area contributed by atoms with Crippen LogP contribution in [-0.4, -0.2) is 59.5 Å². The Balaban J connectivity index is 2.86. The van der Waals surface area contributed by atoms with Crippen molar-refractivity contribution in [3.05, 3.63) is 0 Å². The van der Waals surface area contributed by atoms with E-state index in [4.69, 9.17) is 0 Å². The molecule has 1 heterocycles. The van der Waals surface area contributed by atoms with Crippen LogP contribution >= 0.6 is 0 Å². The van der Waals surface area contributed by atoms with Gasteiger partial charge in [-0.2, -0.15) is 0 Å². The smallest absolute Gasteiger partial charge is 0.242 e. The lowest BCUT2D eigenvalue weighted by atomic mass is 9.89. The SMILES string of the molecule is CCCCNC(=O)C(C)CC(O)[C@@H]1C[C@H](C)CCCCCCCC(=O)N(C)[C@@H](C)C(=O)N1. The number of nitrogens with one attached hydrogen (secondary N) is 2. The van der Waals surface area contributed by atoms with E-state index in [-0.39, 0.29) is 23.6 Å². The Morgan fingerprint density at radius 2 is 1.84 bits per heavy atom. The Morgan fingerprint density at radius 1 is 1.19 bits per heavy atom. The molecule has 0 saturated carbocycles. The Morgan fingerprint density at radius 3 is 2.53 bits per heavy atom. The molecule has 1 saturated heterocycles. The van der Waals surface area contributed by atoms with Crippen LogP contribution in [-0.2, 0) is 14.4 Å². The molecule has 0 aromatic heterocycles. The molecular formula is C25H47N3O4. The molecule has 0 aromatic carbocycles.